The normalized spacial score (nSPS) is 28.1. The third-order valence-corrected chi connectivity index (χ3v) is 20.5. The van der Waals surface area contributed by atoms with Crippen LogP contribution in [-0.2, 0) is 66.6 Å². The summed E-state index contributed by atoms with van der Waals surface area (Å²) in [6.07, 6.45) is 16.5. The first kappa shape index (κ1) is 86.4. The molecule has 0 aliphatic carbocycles. The summed E-state index contributed by atoms with van der Waals surface area (Å²) in [5.74, 6) is -3.08. The number of ether oxygens (including phenoxy) is 9. The number of fused-ring (bicyclic) bond motifs is 1. The molecule has 24 nitrogen and oxygen atoms in total. The van der Waals surface area contributed by atoms with Gasteiger partial charge in [-0.25, -0.2) is 15.0 Å². The Morgan fingerprint density at radius 3 is 2.15 bits per heavy atom. The predicted octanol–water partition coefficient (Wildman–Crippen LogP) is 7.80. The van der Waals surface area contributed by atoms with Crippen LogP contribution in [0, 0.1) is 41.4 Å². The topological polar surface area (TPSA) is 310 Å². The van der Waals surface area contributed by atoms with E-state index in [9.17, 15) is 44.1 Å². The molecule has 556 valence electrons. The van der Waals surface area contributed by atoms with E-state index in [-0.39, 0.29) is 98.3 Å². The molecule has 3 rings (SSSR count). The number of amides is 4. The summed E-state index contributed by atoms with van der Waals surface area (Å²) >= 11 is 1.88. The number of aliphatic hydroxyl groups is 3. The number of carbonyl (C=O) groups is 6. The van der Waals surface area contributed by atoms with Crippen molar-refractivity contribution in [1.82, 2.24) is 26.3 Å². The summed E-state index contributed by atoms with van der Waals surface area (Å²) in [7, 11) is 6.92. The lowest BCUT2D eigenvalue weighted by molar-refractivity contribution is -0.166. The smallest absolute Gasteiger partial charge is 0.331 e. The maximum absolute atomic E-state index is 13.7. The Morgan fingerprint density at radius 1 is 0.814 bits per heavy atom. The summed E-state index contributed by atoms with van der Waals surface area (Å²) < 4.78 is 52.3. The zero-order chi connectivity index (χ0) is 71.8. The van der Waals surface area contributed by atoms with Gasteiger partial charge < -0.3 is 73.9 Å². The number of nitrogens with one attached hydrogen (secondary N) is 4. The van der Waals surface area contributed by atoms with Crippen molar-refractivity contribution in [3.8, 4) is 0 Å². The molecule has 7 N–H and O–H groups in total. The molecule has 3 aliphatic heterocycles. The summed E-state index contributed by atoms with van der Waals surface area (Å²) in [5, 5.41) is 47.7. The van der Waals surface area contributed by atoms with E-state index in [4.69, 9.17) is 42.6 Å². The van der Waals surface area contributed by atoms with Crippen molar-refractivity contribution in [2.75, 3.05) is 93.5 Å². The summed E-state index contributed by atoms with van der Waals surface area (Å²) in [6, 6.07) is -0.286. The fraction of sp³-hybridized carbons (Fsp3) is 0.792. The van der Waals surface area contributed by atoms with Gasteiger partial charge in [-0.2, -0.15) is 16.9 Å². The Bertz CT molecular complexity index is 2440. The monoisotopic (exact) mass is 1390 g/mol. The molecule has 0 aromatic rings. The van der Waals surface area contributed by atoms with Gasteiger partial charge in [-0.3, -0.25) is 24.1 Å². The number of rotatable bonds is 38. The van der Waals surface area contributed by atoms with Crippen molar-refractivity contribution in [1.29, 1.82) is 0 Å². The number of hydrazone groups is 1. The van der Waals surface area contributed by atoms with Crippen molar-refractivity contribution >= 4 is 53.7 Å². The van der Waals surface area contributed by atoms with Gasteiger partial charge in [0.25, 0.3) is 0 Å². The number of esters is 3. The van der Waals surface area contributed by atoms with E-state index in [0.717, 1.165) is 56.3 Å². The molecule has 2 saturated heterocycles. The average Bonchev–Trinajstić information content (AvgIpc) is 1.69. The Kier molecular flexibility index (Phi) is 43.6. The summed E-state index contributed by atoms with van der Waals surface area (Å²) in [5.41, 5.74) is 3.64. The second-order valence-corrected chi connectivity index (χ2v) is 28.4. The quantitative estimate of drug-likeness (QED) is 0.00590. The molecule has 0 bridgehead atoms. The number of hydrogen-bond donors (Lipinski definition) is 7. The van der Waals surface area contributed by atoms with Crippen LogP contribution in [0.4, 0.5) is 4.79 Å². The number of likely N-dealkylation sites (N-methyl/N-ethyl adjacent to an activating group) is 1. The van der Waals surface area contributed by atoms with Gasteiger partial charge >= 0.3 is 23.9 Å². The van der Waals surface area contributed by atoms with Crippen LogP contribution in [0.5, 0.6) is 0 Å². The molecule has 25 heteroatoms. The fourth-order valence-corrected chi connectivity index (χ4v) is 13.7. The lowest BCUT2D eigenvalue weighted by Crippen LogP contribution is -2.43. The zero-order valence-electron chi connectivity index (χ0n) is 60.8. The lowest BCUT2D eigenvalue weighted by Gasteiger charge is -2.36. The zero-order valence-corrected chi connectivity index (χ0v) is 61.6. The van der Waals surface area contributed by atoms with Gasteiger partial charge in [0.2, 0.25) is 11.8 Å². The number of nitrogens with zero attached hydrogens (tertiary/aromatic N) is 2. The Morgan fingerprint density at radius 2 is 1.49 bits per heavy atom. The predicted molar refractivity (Wildman–Crippen MR) is 376 cm³/mol. The lowest BCUT2D eigenvalue weighted by atomic mass is 9.82. The van der Waals surface area contributed by atoms with E-state index >= 15 is 0 Å². The molecule has 19 atom stereocenters. The van der Waals surface area contributed by atoms with Gasteiger partial charge in [0.05, 0.1) is 102 Å². The van der Waals surface area contributed by atoms with Crippen LogP contribution >= 0.6 is 11.8 Å². The number of allylic oxidation sites excluding steroid dienone is 3. The van der Waals surface area contributed by atoms with Gasteiger partial charge in [0, 0.05) is 81.6 Å². The minimum absolute atomic E-state index is 0.00130. The van der Waals surface area contributed by atoms with Gasteiger partial charge in [-0.05, 0) is 121 Å². The molecule has 0 radical (unpaired) electrons. The van der Waals surface area contributed by atoms with Crippen LogP contribution in [0.3, 0.4) is 0 Å². The third-order valence-electron chi connectivity index (χ3n) is 19.0. The number of aliphatic hydroxyl groups excluding tert-OH is 3. The molecule has 1 unspecified atom stereocenters. The molecule has 2 fully saturated rings. The standard InChI is InChI=1S/C72H124N6O18S/c1-47-27-28-48(2)60(89-14)31-29-49(3)68(84)52(6)59(80)22-16-15-17-26-66(83)95-61(23-20-21-57(45-47)88-13)53(7)69(85)50(4)30-32-62(96-71(86)55(9)78(11)12)54(8)70(94-56(10)79)51(5)33-35-74-77-65(82)34-37-90-39-41-92-43-44-93-42-40-91-38-36-73-64(81)25-19-18-24-63-67-58(46-97-63)75-72(87)76-67/h15-17,20-21,26,28,35,47,49-55,57-63,67-70,80,84-85H,18-19,22-25,27,29-34,36-46H2,1-14H3,(H,73,81)(H,77,82)(H2,75,76,87)/b16-15+,21-20+,26-17+,48-28+,74-35+/t47-,49-,50+,51-,52-,53-,54+,55?,57+,58+,59-,60+,61+,62-,63+,67+,68-,69+,70-/m1/s1. The first-order chi connectivity index (χ1) is 46.3. The maximum Gasteiger partial charge on any atom is 0.331 e. The van der Waals surface area contributed by atoms with E-state index in [2.05, 4.69) is 46.4 Å². The summed E-state index contributed by atoms with van der Waals surface area (Å²) in [4.78, 5) is 78.1. The molecule has 0 aromatic carbocycles. The van der Waals surface area contributed by atoms with Crippen molar-refractivity contribution in [3.05, 3.63) is 48.1 Å². The van der Waals surface area contributed by atoms with E-state index in [0.29, 0.717) is 77.1 Å². The SMILES string of the molecule is CO[C@H]1CC[C@@H](C)[C@@H](O)[C@H](C)[C@H](O)C/C=C/C=C/C(=O)O[C@H]([C@@H](C)[C@@H](O)[C@@H](C)CC[C@@H](OC(=O)C(C)N(C)C)[C@H](C)[C@H](OC(C)=O)[C@H](C)C/C=N/NC(=O)CCOCCOCCOCCOCCNC(=O)CCCC[C@@H]2SC[C@@H]3NC(=O)N[C@@H]32)C/C=C/[C@H](OC)C[C@H](C)C/C=C/1C. The largest absolute Gasteiger partial charge is 0.462 e. The van der Waals surface area contributed by atoms with Gasteiger partial charge in [0.1, 0.15) is 24.4 Å². The van der Waals surface area contributed by atoms with Crippen molar-refractivity contribution in [2.45, 2.75) is 231 Å². The van der Waals surface area contributed by atoms with Crippen molar-refractivity contribution in [3.63, 3.8) is 0 Å². The van der Waals surface area contributed by atoms with Gasteiger partial charge in [0.15, 0.2) is 0 Å². The van der Waals surface area contributed by atoms with Crippen LogP contribution in [-0.4, -0.2) is 228 Å². The average molecular weight is 1390 g/mol. The third kappa shape index (κ3) is 34.4. The number of unbranched alkanes of at least 4 members (excludes halogenated alkanes) is 1. The van der Waals surface area contributed by atoms with E-state index in [1.54, 1.807) is 58.4 Å². The number of hydrogen-bond acceptors (Lipinski definition) is 21. The molecule has 97 heavy (non-hydrogen) atoms. The highest BCUT2D eigenvalue weighted by atomic mass is 32.2. The number of cyclic esters (lactones) is 1. The second kappa shape index (κ2) is 48.9. The van der Waals surface area contributed by atoms with Crippen LogP contribution in [0.25, 0.3) is 0 Å². The van der Waals surface area contributed by atoms with Crippen LogP contribution in [0.1, 0.15) is 159 Å². The van der Waals surface area contributed by atoms with E-state index in [1.165, 1.54) is 19.2 Å². The van der Waals surface area contributed by atoms with E-state index in [1.807, 2.05) is 65.5 Å². The van der Waals surface area contributed by atoms with Gasteiger partial charge in [-0.15, -0.1) is 0 Å². The molecule has 0 spiro atoms. The number of methoxy groups -OCH3 is 2. The fourth-order valence-electron chi connectivity index (χ4n) is 12.1. The minimum atomic E-state index is -0.980. The highest BCUT2D eigenvalue weighted by molar-refractivity contribution is 8.00. The van der Waals surface area contributed by atoms with Crippen LogP contribution < -0.4 is 21.4 Å². The van der Waals surface area contributed by atoms with Crippen LogP contribution in [0.15, 0.2) is 53.2 Å². The highest BCUT2D eigenvalue weighted by Gasteiger charge is 2.43. The molecule has 3 aliphatic rings. The first-order valence-corrected chi connectivity index (χ1v) is 36.4. The van der Waals surface area contributed by atoms with Crippen molar-refractivity contribution < 1.29 is 86.7 Å². The second-order valence-electron chi connectivity index (χ2n) is 27.1. The Hall–Kier alpha value is -4.80. The highest BCUT2D eigenvalue weighted by Crippen LogP contribution is 2.34. The maximum atomic E-state index is 13.7. The molecule has 4 amide bonds. The molecule has 0 aromatic heterocycles. The number of carbonyl (C=O) groups excluding carboxylic acids is 6. The van der Waals surface area contributed by atoms with Crippen molar-refractivity contribution in [2.24, 2.45) is 46.5 Å². The number of thioether (sulfide) groups is 1. The molecular weight excluding hydrogens is 1270 g/mol. The molecule has 3 heterocycles. The summed E-state index contributed by atoms with van der Waals surface area (Å²) in [6.45, 7) is 21.7. The van der Waals surface area contributed by atoms with E-state index < -0.39 is 78.3 Å². The minimum Gasteiger partial charge on any atom is -0.462 e. The first-order valence-electron chi connectivity index (χ1n) is 35.4. The molecular formula is C72H124N6O18S. The van der Waals surface area contributed by atoms with Crippen LogP contribution in [0.2, 0.25) is 0 Å². The molecule has 0 saturated carbocycles. The van der Waals surface area contributed by atoms with Gasteiger partial charge in [-0.1, -0.05) is 91.3 Å². The Labute approximate surface area is 583 Å². The number of urea groups is 1. The Balaban J connectivity index is 1.50.